The second kappa shape index (κ2) is 5.51. The molecule has 0 heterocycles. The van der Waals surface area contributed by atoms with Gasteiger partial charge in [0.15, 0.2) is 5.78 Å². The molecule has 0 spiro atoms. The summed E-state index contributed by atoms with van der Waals surface area (Å²) in [4.78, 5) is 12.4. The summed E-state index contributed by atoms with van der Waals surface area (Å²) in [6, 6.07) is 14.8. The van der Waals surface area contributed by atoms with E-state index >= 15 is 0 Å². The van der Waals surface area contributed by atoms with Crippen molar-refractivity contribution in [3.8, 4) is 0 Å². The number of hydrogen-bond acceptors (Lipinski definition) is 1. The molecule has 0 bridgehead atoms. The van der Waals surface area contributed by atoms with E-state index in [1.165, 1.54) is 0 Å². The van der Waals surface area contributed by atoms with Crippen LogP contribution in [0.5, 0.6) is 0 Å². The van der Waals surface area contributed by atoms with E-state index in [2.05, 4.69) is 6.58 Å². The molecule has 0 unspecified atom stereocenters. The molecule has 1 nitrogen and oxygen atoms in total. The van der Waals surface area contributed by atoms with Crippen molar-refractivity contribution in [3.63, 3.8) is 0 Å². The lowest BCUT2D eigenvalue weighted by molar-refractivity contribution is -0.110. The number of carbonyl (C=O) groups is 1. The molecule has 0 radical (unpaired) electrons. The minimum absolute atomic E-state index is 0.0118. The lowest BCUT2D eigenvalue weighted by Gasteiger charge is -2.07. The molecule has 0 N–H and O–H groups in total. The number of ketones is 1. The van der Waals surface area contributed by atoms with Gasteiger partial charge in [-0.15, -0.1) is 0 Å². The van der Waals surface area contributed by atoms with Crippen LogP contribution in [-0.2, 0) is 4.79 Å². The van der Waals surface area contributed by atoms with Crippen LogP contribution in [0, 0.1) is 0 Å². The molecule has 0 fully saturated rings. The smallest absolute Gasteiger partial charge is 0.189 e. The SMILES string of the molecule is C=C1CC(c2ccc(Cl)cc2)=C(c2cccc(Cl)c2)C1=O. The number of carbonyl (C=O) groups excluding carboxylic acids is 1. The molecule has 0 aliphatic heterocycles. The van der Waals surface area contributed by atoms with E-state index in [0.29, 0.717) is 27.6 Å². The Morgan fingerprint density at radius 1 is 0.905 bits per heavy atom. The molecule has 2 aromatic rings. The van der Waals surface area contributed by atoms with Crippen molar-refractivity contribution in [1.29, 1.82) is 0 Å². The summed E-state index contributed by atoms with van der Waals surface area (Å²) in [7, 11) is 0. The third-order valence-electron chi connectivity index (χ3n) is 3.55. The number of Topliss-reactive ketones (excluding diaryl/α,β-unsaturated/α-hetero) is 1. The van der Waals surface area contributed by atoms with Crippen molar-refractivity contribution < 1.29 is 4.79 Å². The first-order valence-electron chi connectivity index (χ1n) is 6.54. The highest BCUT2D eigenvalue weighted by Crippen LogP contribution is 2.40. The molecule has 3 heteroatoms. The van der Waals surface area contributed by atoms with E-state index in [1.54, 1.807) is 6.07 Å². The van der Waals surface area contributed by atoms with Crippen LogP contribution in [-0.4, -0.2) is 5.78 Å². The second-order valence-electron chi connectivity index (χ2n) is 4.98. The van der Waals surface area contributed by atoms with Crippen LogP contribution < -0.4 is 0 Å². The summed E-state index contributed by atoms with van der Waals surface area (Å²) in [6.45, 7) is 3.88. The van der Waals surface area contributed by atoms with Gasteiger partial charge in [0.05, 0.1) is 0 Å². The average molecular weight is 315 g/mol. The Morgan fingerprint density at radius 2 is 1.62 bits per heavy atom. The molecule has 2 aromatic carbocycles. The molecule has 0 saturated heterocycles. The van der Waals surface area contributed by atoms with Crippen LogP contribution in [0.25, 0.3) is 11.1 Å². The zero-order valence-corrected chi connectivity index (χ0v) is 12.7. The largest absolute Gasteiger partial charge is 0.289 e. The van der Waals surface area contributed by atoms with Gasteiger partial charge in [-0.1, -0.05) is 54.0 Å². The normalized spacial score (nSPS) is 15.0. The Labute approximate surface area is 133 Å². The molecule has 104 valence electrons. The van der Waals surface area contributed by atoms with Gasteiger partial charge >= 0.3 is 0 Å². The van der Waals surface area contributed by atoms with Gasteiger partial charge in [-0.3, -0.25) is 4.79 Å². The average Bonchev–Trinajstić information content (AvgIpc) is 2.76. The van der Waals surface area contributed by atoms with Gasteiger partial charge in [0.25, 0.3) is 0 Å². The molecule has 0 amide bonds. The van der Waals surface area contributed by atoms with Gasteiger partial charge in [-0.2, -0.15) is 0 Å². The maximum absolute atomic E-state index is 12.4. The van der Waals surface area contributed by atoms with E-state index in [1.807, 2.05) is 42.5 Å². The monoisotopic (exact) mass is 314 g/mol. The van der Waals surface area contributed by atoms with E-state index in [9.17, 15) is 4.79 Å². The highest BCUT2D eigenvalue weighted by Gasteiger charge is 2.28. The number of rotatable bonds is 2. The Bertz CT molecular complexity index is 770. The molecule has 1 aliphatic carbocycles. The fourth-order valence-electron chi connectivity index (χ4n) is 2.54. The van der Waals surface area contributed by atoms with Gasteiger partial charge in [-0.05, 0) is 46.5 Å². The highest BCUT2D eigenvalue weighted by atomic mass is 35.5. The third kappa shape index (κ3) is 2.67. The molecule has 0 atom stereocenters. The Balaban J connectivity index is 2.19. The first-order valence-corrected chi connectivity index (χ1v) is 7.29. The van der Waals surface area contributed by atoms with Crippen LogP contribution in [0.3, 0.4) is 0 Å². The zero-order valence-electron chi connectivity index (χ0n) is 11.2. The van der Waals surface area contributed by atoms with Gasteiger partial charge in [0, 0.05) is 22.0 Å². The van der Waals surface area contributed by atoms with Crippen LogP contribution in [0.2, 0.25) is 10.0 Å². The molecular formula is C18H12Cl2O. The molecular weight excluding hydrogens is 303 g/mol. The topological polar surface area (TPSA) is 17.1 Å². The number of hydrogen-bond donors (Lipinski definition) is 0. The first kappa shape index (κ1) is 14.1. The van der Waals surface area contributed by atoms with Crippen molar-refractivity contribution in [2.45, 2.75) is 6.42 Å². The minimum atomic E-state index is -0.0118. The summed E-state index contributed by atoms with van der Waals surface area (Å²) in [5.41, 5.74) is 4.08. The zero-order chi connectivity index (χ0) is 15.0. The lowest BCUT2D eigenvalue weighted by Crippen LogP contribution is -1.98. The van der Waals surface area contributed by atoms with Crippen LogP contribution >= 0.6 is 23.2 Å². The molecule has 21 heavy (non-hydrogen) atoms. The van der Waals surface area contributed by atoms with Crippen molar-refractivity contribution in [3.05, 3.63) is 81.9 Å². The van der Waals surface area contributed by atoms with Gasteiger partial charge < -0.3 is 0 Å². The summed E-state index contributed by atoms with van der Waals surface area (Å²) in [5.74, 6) is -0.0118. The lowest BCUT2D eigenvalue weighted by atomic mass is 9.97. The van der Waals surface area contributed by atoms with E-state index in [4.69, 9.17) is 23.2 Å². The van der Waals surface area contributed by atoms with Crippen LogP contribution in [0.1, 0.15) is 17.5 Å². The predicted octanol–water partition coefficient (Wildman–Crippen LogP) is 5.43. The predicted molar refractivity (Wildman–Crippen MR) is 88.5 cm³/mol. The van der Waals surface area contributed by atoms with E-state index in [-0.39, 0.29) is 5.78 Å². The summed E-state index contributed by atoms with van der Waals surface area (Å²) in [6.07, 6.45) is 0.558. The van der Waals surface area contributed by atoms with Crippen molar-refractivity contribution >= 4 is 40.1 Å². The third-order valence-corrected chi connectivity index (χ3v) is 4.03. The number of halogens is 2. The highest BCUT2D eigenvalue weighted by molar-refractivity contribution is 6.39. The number of allylic oxidation sites excluding steroid dienone is 3. The molecule has 0 aromatic heterocycles. The molecule has 1 aliphatic rings. The molecule has 3 rings (SSSR count). The second-order valence-corrected chi connectivity index (χ2v) is 5.85. The fourth-order valence-corrected chi connectivity index (χ4v) is 2.86. The van der Waals surface area contributed by atoms with Crippen LogP contribution in [0.15, 0.2) is 60.7 Å². The minimum Gasteiger partial charge on any atom is -0.289 e. The van der Waals surface area contributed by atoms with E-state index < -0.39 is 0 Å². The van der Waals surface area contributed by atoms with Crippen molar-refractivity contribution in [2.75, 3.05) is 0 Å². The summed E-state index contributed by atoms with van der Waals surface area (Å²) in [5, 5.41) is 1.28. The van der Waals surface area contributed by atoms with Gasteiger partial charge in [0.1, 0.15) is 0 Å². The standard InChI is InChI=1S/C18H12Cl2O/c1-11-9-16(12-5-7-14(19)8-6-12)17(18(11)21)13-3-2-4-15(20)10-13/h2-8,10H,1,9H2. The van der Waals surface area contributed by atoms with Gasteiger partial charge in [-0.25, -0.2) is 0 Å². The van der Waals surface area contributed by atoms with Crippen LogP contribution in [0.4, 0.5) is 0 Å². The van der Waals surface area contributed by atoms with Crippen molar-refractivity contribution in [2.24, 2.45) is 0 Å². The van der Waals surface area contributed by atoms with Gasteiger partial charge in [0.2, 0.25) is 0 Å². The molecule has 0 saturated carbocycles. The fraction of sp³-hybridized carbons (Fsp3) is 0.0556. The quantitative estimate of drug-likeness (QED) is 0.675. The Morgan fingerprint density at radius 3 is 2.29 bits per heavy atom. The number of benzene rings is 2. The maximum Gasteiger partial charge on any atom is 0.189 e. The summed E-state index contributed by atoms with van der Waals surface area (Å²) < 4.78 is 0. The Hall–Kier alpha value is -1.83. The maximum atomic E-state index is 12.4. The van der Waals surface area contributed by atoms with Crippen molar-refractivity contribution in [1.82, 2.24) is 0 Å². The Kier molecular flexibility index (Phi) is 3.71. The van der Waals surface area contributed by atoms with E-state index in [0.717, 1.165) is 16.7 Å². The first-order chi connectivity index (χ1) is 10.1. The summed E-state index contributed by atoms with van der Waals surface area (Å²) >= 11 is 12.0.